The van der Waals surface area contributed by atoms with Crippen LogP contribution < -0.4 is 5.73 Å². The first kappa shape index (κ1) is 11.7. The van der Waals surface area contributed by atoms with Gasteiger partial charge in [-0.1, -0.05) is 0 Å². The van der Waals surface area contributed by atoms with Gasteiger partial charge < -0.3 is 20.5 Å². The maximum atomic E-state index is 8.94. The number of nitrogens with two attached hydrogens (primary N) is 1. The minimum absolute atomic E-state index is 0.00239. The van der Waals surface area contributed by atoms with Crippen molar-refractivity contribution in [3.8, 4) is 0 Å². The molecule has 5 nitrogen and oxygen atoms in total. The van der Waals surface area contributed by atoms with Crippen LogP contribution in [0.15, 0.2) is 4.99 Å². The van der Waals surface area contributed by atoms with Gasteiger partial charge in [0.2, 0.25) is 0 Å². The van der Waals surface area contributed by atoms with Crippen molar-refractivity contribution in [2.75, 3.05) is 20.2 Å². The maximum Gasteiger partial charge on any atom is 0.191 e. The second-order valence-corrected chi connectivity index (χ2v) is 4.68. The van der Waals surface area contributed by atoms with Gasteiger partial charge in [-0.05, 0) is 25.7 Å². The average Bonchev–Trinajstić information content (AvgIpc) is 3.04. The van der Waals surface area contributed by atoms with Gasteiger partial charge in [-0.3, -0.25) is 4.99 Å². The van der Waals surface area contributed by atoms with Crippen LogP contribution in [0.5, 0.6) is 0 Å². The summed E-state index contributed by atoms with van der Waals surface area (Å²) in [4.78, 5) is 6.39. The Morgan fingerprint density at radius 1 is 1.38 bits per heavy atom. The Bertz CT molecular complexity index is 266. The lowest BCUT2D eigenvalue weighted by Gasteiger charge is -2.17. The zero-order chi connectivity index (χ0) is 11.5. The predicted molar refractivity (Wildman–Crippen MR) is 62.3 cm³/mol. The van der Waals surface area contributed by atoms with Crippen molar-refractivity contribution >= 4 is 5.96 Å². The van der Waals surface area contributed by atoms with Crippen LogP contribution in [0.2, 0.25) is 0 Å². The third-order valence-corrected chi connectivity index (χ3v) is 3.31. The van der Waals surface area contributed by atoms with E-state index in [9.17, 15) is 0 Å². The van der Waals surface area contributed by atoms with Crippen molar-refractivity contribution < 1.29 is 9.84 Å². The molecule has 5 heteroatoms. The van der Waals surface area contributed by atoms with Crippen LogP contribution in [0, 0.1) is 0 Å². The Kier molecular flexibility index (Phi) is 3.66. The molecule has 0 bridgehead atoms. The third-order valence-electron chi connectivity index (χ3n) is 3.31. The van der Waals surface area contributed by atoms with Crippen molar-refractivity contribution in [3.63, 3.8) is 0 Å². The summed E-state index contributed by atoms with van der Waals surface area (Å²) in [5.74, 6) is 0.610. The Morgan fingerprint density at radius 2 is 2.06 bits per heavy atom. The first-order valence-electron chi connectivity index (χ1n) is 5.99. The van der Waals surface area contributed by atoms with Gasteiger partial charge in [0.05, 0.1) is 25.4 Å². The van der Waals surface area contributed by atoms with E-state index in [4.69, 9.17) is 15.6 Å². The molecule has 1 aliphatic heterocycles. The molecule has 0 spiro atoms. The van der Waals surface area contributed by atoms with Crippen LogP contribution in [-0.4, -0.2) is 54.4 Å². The summed E-state index contributed by atoms with van der Waals surface area (Å²) in [5, 5.41) is 8.94. The number of guanidine groups is 1. The maximum absolute atomic E-state index is 8.94. The van der Waals surface area contributed by atoms with Crippen LogP contribution in [0.4, 0.5) is 0 Å². The predicted octanol–water partition coefficient (Wildman–Crippen LogP) is -0.0648. The summed E-state index contributed by atoms with van der Waals surface area (Å²) in [5.41, 5.74) is 5.87. The fourth-order valence-corrected chi connectivity index (χ4v) is 2.00. The molecule has 1 saturated heterocycles. The molecule has 1 saturated carbocycles. The lowest BCUT2D eigenvalue weighted by atomic mass is 10.2. The number of aliphatic hydroxyl groups is 1. The number of rotatable bonds is 4. The number of aliphatic hydroxyl groups excluding tert-OH is 1. The summed E-state index contributed by atoms with van der Waals surface area (Å²) in [6.45, 7) is 0.719. The van der Waals surface area contributed by atoms with Gasteiger partial charge in [-0.25, -0.2) is 0 Å². The molecule has 2 rings (SSSR count). The summed E-state index contributed by atoms with van der Waals surface area (Å²) in [6.07, 6.45) is 4.47. The van der Waals surface area contributed by atoms with Crippen LogP contribution in [-0.2, 0) is 4.74 Å². The number of hydrogen-bond donors (Lipinski definition) is 2. The Balaban J connectivity index is 1.75. The summed E-state index contributed by atoms with van der Waals surface area (Å²) in [7, 11) is 1.99. The highest BCUT2D eigenvalue weighted by atomic mass is 16.5. The molecule has 3 N–H and O–H groups in total. The van der Waals surface area contributed by atoms with E-state index in [0.717, 1.165) is 12.8 Å². The topological polar surface area (TPSA) is 71.1 Å². The van der Waals surface area contributed by atoms with E-state index in [1.807, 2.05) is 11.9 Å². The molecular weight excluding hydrogens is 206 g/mol. The van der Waals surface area contributed by atoms with Gasteiger partial charge >= 0.3 is 0 Å². The molecule has 0 unspecified atom stereocenters. The van der Waals surface area contributed by atoms with Gasteiger partial charge in [0.1, 0.15) is 0 Å². The number of ether oxygens (including phenoxy) is 1. The van der Waals surface area contributed by atoms with Crippen molar-refractivity contribution in [1.82, 2.24) is 4.90 Å². The molecule has 0 aromatic rings. The highest BCUT2D eigenvalue weighted by Crippen LogP contribution is 2.25. The molecule has 1 aliphatic carbocycles. The largest absolute Gasteiger partial charge is 0.394 e. The van der Waals surface area contributed by atoms with Gasteiger partial charge in [-0.15, -0.1) is 0 Å². The molecule has 0 aromatic heterocycles. The van der Waals surface area contributed by atoms with E-state index in [0.29, 0.717) is 18.5 Å². The number of hydrogen-bond acceptors (Lipinski definition) is 3. The van der Waals surface area contributed by atoms with Crippen molar-refractivity contribution in [1.29, 1.82) is 0 Å². The minimum atomic E-state index is 0.00239. The molecule has 0 radical (unpaired) electrons. The highest BCUT2D eigenvalue weighted by molar-refractivity contribution is 5.78. The Labute approximate surface area is 96.3 Å². The van der Waals surface area contributed by atoms with Gasteiger partial charge in [-0.2, -0.15) is 0 Å². The van der Waals surface area contributed by atoms with E-state index < -0.39 is 0 Å². The van der Waals surface area contributed by atoms with E-state index in [1.54, 1.807) is 0 Å². The van der Waals surface area contributed by atoms with Crippen LogP contribution >= 0.6 is 0 Å². The quantitative estimate of drug-likeness (QED) is 0.521. The number of nitrogens with zero attached hydrogens (tertiary/aromatic N) is 2. The molecule has 2 atom stereocenters. The lowest BCUT2D eigenvalue weighted by Crippen LogP contribution is -2.36. The van der Waals surface area contributed by atoms with E-state index >= 15 is 0 Å². The van der Waals surface area contributed by atoms with Crippen LogP contribution in [0.3, 0.4) is 0 Å². The molecule has 2 fully saturated rings. The van der Waals surface area contributed by atoms with Crippen molar-refractivity contribution in [3.05, 3.63) is 0 Å². The van der Waals surface area contributed by atoms with Crippen LogP contribution in [0.25, 0.3) is 0 Å². The minimum Gasteiger partial charge on any atom is -0.394 e. The fourth-order valence-electron chi connectivity index (χ4n) is 2.00. The van der Waals surface area contributed by atoms with E-state index in [2.05, 4.69) is 4.99 Å². The van der Waals surface area contributed by atoms with Gasteiger partial charge in [0.25, 0.3) is 0 Å². The van der Waals surface area contributed by atoms with Gasteiger partial charge in [0, 0.05) is 13.1 Å². The molecule has 0 aromatic carbocycles. The van der Waals surface area contributed by atoms with Gasteiger partial charge in [0.15, 0.2) is 5.96 Å². The fraction of sp³-hybridized carbons (Fsp3) is 0.909. The molecule has 2 aliphatic rings. The van der Waals surface area contributed by atoms with E-state index in [-0.39, 0.29) is 18.8 Å². The SMILES string of the molecule is CN(C(N)=NC[C@H]1CC[C@@H](CO)O1)C1CC1. The summed E-state index contributed by atoms with van der Waals surface area (Å²) < 4.78 is 5.59. The molecule has 1 heterocycles. The van der Waals surface area contributed by atoms with Crippen molar-refractivity contribution in [2.24, 2.45) is 10.7 Å². The zero-order valence-corrected chi connectivity index (χ0v) is 9.80. The molecular formula is C11H21N3O2. The van der Waals surface area contributed by atoms with E-state index in [1.165, 1.54) is 12.8 Å². The summed E-state index contributed by atoms with van der Waals surface area (Å²) >= 11 is 0. The second kappa shape index (κ2) is 5.01. The monoisotopic (exact) mass is 227 g/mol. The van der Waals surface area contributed by atoms with Crippen LogP contribution in [0.1, 0.15) is 25.7 Å². The average molecular weight is 227 g/mol. The third kappa shape index (κ3) is 2.86. The lowest BCUT2D eigenvalue weighted by molar-refractivity contribution is 0.0159. The normalized spacial score (nSPS) is 30.8. The van der Waals surface area contributed by atoms with Crippen molar-refractivity contribution in [2.45, 2.75) is 43.9 Å². The Hall–Kier alpha value is -0.810. The highest BCUT2D eigenvalue weighted by Gasteiger charge is 2.28. The first-order valence-corrected chi connectivity index (χ1v) is 5.99. The Morgan fingerprint density at radius 3 is 2.62 bits per heavy atom. The molecule has 16 heavy (non-hydrogen) atoms. The standard InChI is InChI=1S/C11H21N3O2/c1-14(8-2-3-8)11(12)13-6-9-4-5-10(7-15)16-9/h8-10,15H,2-7H2,1H3,(H2,12,13)/t9-,10+/m1/s1. The number of aliphatic imine (C=N–C) groups is 1. The zero-order valence-electron chi connectivity index (χ0n) is 9.80. The summed E-state index contributed by atoms with van der Waals surface area (Å²) in [6, 6.07) is 0.596. The second-order valence-electron chi connectivity index (χ2n) is 4.68. The first-order chi connectivity index (χ1) is 7.70. The molecule has 0 amide bonds. The smallest absolute Gasteiger partial charge is 0.191 e. The molecule has 92 valence electrons.